The van der Waals surface area contributed by atoms with Crippen LogP contribution in [0.5, 0.6) is 0 Å². The van der Waals surface area contributed by atoms with E-state index in [9.17, 15) is 19.5 Å². The highest BCUT2D eigenvalue weighted by atomic mass is 16.4. The lowest BCUT2D eigenvalue weighted by atomic mass is 9.90. The van der Waals surface area contributed by atoms with Gasteiger partial charge in [-0.25, -0.2) is 4.79 Å². The number of likely N-dealkylation sites (N-methyl/N-ethyl adjacent to an activating group) is 1. The van der Waals surface area contributed by atoms with Gasteiger partial charge in [-0.3, -0.25) is 14.6 Å². The average molecular weight is 348 g/mol. The molecule has 8 heteroatoms. The highest BCUT2D eigenvalue weighted by Gasteiger charge is 2.42. The minimum Gasteiger partial charge on any atom is -0.481 e. The molecule has 0 aliphatic carbocycles. The number of carbonyl (C=O) groups excluding carboxylic acids is 2. The maximum Gasteiger partial charge on any atom is 0.317 e. The van der Waals surface area contributed by atoms with Gasteiger partial charge in [-0.2, -0.15) is 0 Å². The van der Waals surface area contributed by atoms with Crippen LogP contribution in [-0.4, -0.2) is 71.0 Å². The number of hydrogen-bond acceptors (Lipinski definition) is 4. The molecule has 8 nitrogen and oxygen atoms in total. The van der Waals surface area contributed by atoms with Crippen molar-refractivity contribution >= 4 is 17.9 Å². The van der Waals surface area contributed by atoms with E-state index in [0.29, 0.717) is 25.9 Å². The van der Waals surface area contributed by atoms with Crippen LogP contribution in [0.2, 0.25) is 0 Å². The monoisotopic (exact) mass is 348 g/mol. The summed E-state index contributed by atoms with van der Waals surface area (Å²) in [5.41, 5.74) is -0.0166. The van der Waals surface area contributed by atoms with E-state index in [4.69, 9.17) is 0 Å². The third-order valence-electron chi connectivity index (χ3n) is 4.52. The number of nitrogens with one attached hydrogen (secondary N) is 1. The van der Waals surface area contributed by atoms with Crippen LogP contribution >= 0.6 is 0 Å². The molecule has 2 rings (SSSR count). The zero-order valence-corrected chi connectivity index (χ0v) is 14.6. The van der Waals surface area contributed by atoms with E-state index in [2.05, 4.69) is 10.3 Å². The van der Waals surface area contributed by atoms with E-state index in [0.717, 1.165) is 5.69 Å². The maximum absolute atomic E-state index is 12.1. The summed E-state index contributed by atoms with van der Waals surface area (Å²) >= 11 is 0. The van der Waals surface area contributed by atoms with E-state index in [-0.39, 0.29) is 19.0 Å². The van der Waals surface area contributed by atoms with Gasteiger partial charge in [-0.15, -0.1) is 0 Å². The van der Waals surface area contributed by atoms with E-state index in [1.807, 2.05) is 18.2 Å². The molecule has 1 atom stereocenters. The fraction of sp³-hybridized carbons (Fsp3) is 0.529. The SMILES string of the molecule is CN(CCc1ccccn1)C(=O)CNC(=O)N1CCC(C)(C(=O)O)C1. The molecular weight excluding hydrogens is 324 g/mol. The second kappa shape index (κ2) is 7.96. The Hall–Kier alpha value is -2.64. The van der Waals surface area contributed by atoms with Crippen molar-refractivity contribution in [2.45, 2.75) is 19.8 Å². The van der Waals surface area contributed by atoms with E-state index < -0.39 is 17.4 Å². The fourth-order valence-corrected chi connectivity index (χ4v) is 2.66. The molecule has 2 N–H and O–H groups in total. The molecular formula is C17H24N4O4. The number of carboxylic acid groups (broad SMARTS) is 1. The number of carboxylic acids is 1. The Kier molecular flexibility index (Phi) is 5.95. The van der Waals surface area contributed by atoms with Gasteiger partial charge in [0.15, 0.2) is 0 Å². The lowest BCUT2D eigenvalue weighted by Crippen LogP contribution is -2.45. The Morgan fingerprint density at radius 3 is 2.76 bits per heavy atom. The topological polar surface area (TPSA) is 103 Å². The Morgan fingerprint density at radius 1 is 1.40 bits per heavy atom. The number of amides is 3. The van der Waals surface area contributed by atoms with Crippen LogP contribution in [-0.2, 0) is 16.0 Å². The average Bonchev–Trinajstić information content (AvgIpc) is 3.02. The van der Waals surface area contributed by atoms with Crippen LogP contribution in [0.15, 0.2) is 24.4 Å². The standard InChI is InChI=1S/C17H24N4O4/c1-17(15(23)24)7-10-21(12-17)16(25)19-11-14(22)20(2)9-6-13-5-3-4-8-18-13/h3-5,8H,6-7,9-12H2,1-2H3,(H,19,25)(H,23,24). The molecule has 1 fully saturated rings. The minimum absolute atomic E-state index is 0.113. The van der Waals surface area contributed by atoms with Gasteiger partial charge in [-0.05, 0) is 25.5 Å². The van der Waals surface area contributed by atoms with Crippen molar-refractivity contribution < 1.29 is 19.5 Å². The van der Waals surface area contributed by atoms with Gasteiger partial charge in [0.1, 0.15) is 0 Å². The first-order valence-electron chi connectivity index (χ1n) is 8.22. The lowest BCUT2D eigenvalue weighted by molar-refractivity contribution is -0.147. The van der Waals surface area contributed by atoms with Crippen LogP contribution < -0.4 is 5.32 Å². The van der Waals surface area contributed by atoms with E-state index >= 15 is 0 Å². The van der Waals surface area contributed by atoms with E-state index in [1.54, 1.807) is 25.1 Å². The largest absolute Gasteiger partial charge is 0.481 e. The predicted molar refractivity (Wildman–Crippen MR) is 90.9 cm³/mol. The summed E-state index contributed by atoms with van der Waals surface area (Å²) in [5, 5.41) is 11.8. The molecule has 3 amide bonds. The molecule has 0 spiro atoms. The Morgan fingerprint density at radius 2 is 2.16 bits per heavy atom. The second-order valence-electron chi connectivity index (χ2n) is 6.58. The molecule has 1 unspecified atom stereocenters. The zero-order chi connectivity index (χ0) is 18.4. The maximum atomic E-state index is 12.1. The molecule has 0 aromatic carbocycles. The smallest absolute Gasteiger partial charge is 0.317 e. The van der Waals surface area contributed by atoms with Crippen molar-refractivity contribution in [3.63, 3.8) is 0 Å². The Labute approximate surface area is 146 Å². The van der Waals surface area contributed by atoms with Gasteiger partial charge in [0.05, 0.1) is 12.0 Å². The number of pyridine rings is 1. The van der Waals surface area contributed by atoms with E-state index in [1.165, 1.54) is 4.90 Å². The number of hydrogen-bond donors (Lipinski definition) is 2. The van der Waals surface area contributed by atoms with Gasteiger partial charge in [0.25, 0.3) is 0 Å². The molecule has 1 aliphatic heterocycles. The lowest BCUT2D eigenvalue weighted by Gasteiger charge is -2.21. The van der Waals surface area contributed by atoms with Gasteiger partial charge in [-0.1, -0.05) is 6.07 Å². The summed E-state index contributed by atoms with van der Waals surface area (Å²) in [6.07, 6.45) is 2.76. The quantitative estimate of drug-likeness (QED) is 0.783. The summed E-state index contributed by atoms with van der Waals surface area (Å²) in [5.74, 6) is -1.11. The summed E-state index contributed by atoms with van der Waals surface area (Å²) < 4.78 is 0. The highest BCUT2D eigenvalue weighted by Crippen LogP contribution is 2.29. The molecule has 136 valence electrons. The Bertz CT molecular complexity index is 637. The molecule has 0 bridgehead atoms. The number of aliphatic carboxylic acids is 1. The molecule has 25 heavy (non-hydrogen) atoms. The van der Waals surface area contributed by atoms with Gasteiger partial charge >= 0.3 is 12.0 Å². The number of likely N-dealkylation sites (tertiary alicyclic amines) is 1. The summed E-state index contributed by atoms with van der Waals surface area (Å²) in [7, 11) is 1.68. The number of nitrogens with zero attached hydrogens (tertiary/aromatic N) is 3. The van der Waals surface area contributed by atoms with Crippen LogP contribution in [0, 0.1) is 5.41 Å². The van der Waals surface area contributed by atoms with Crippen molar-refractivity contribution in [3.8, 4) is 0 Å². The summed E-state index contributed by atoms with van der Waals surface area (Å²) in [4.78, 5) is 42.6. The molecule has 2 heterocycles. The number of rotatable bonds is 6. The summed E-state index contributed by atoms with van der Waals surface area (Å²) in [6, 6.07) is 5.22. The zero-order valence-electron chi connectivity index (χ0n) is 14.6. The Balaban J connectivity index is 1.74. The van der Waals surface area contributed by atoms with Crippen molar-refractivity contribution in [3.05, 3.63) is 30.1 Å². The molecule has 1 aromatic rings. The number of aromatic nitrogens is 1. The molecule has 1 aliphatic rings. The van der Waals surface area contributed by atoms with Crippen molar-refractivity contribution in [2.75, 3.05) is 33.2 Å². The minimum atomic E-state index is -0.916. The van der Waals surface area contributed by atoms with Crippen LogP contribution in [0.25, 0.3) is 0 Å². The van der Waals surface area contributed by atoms with Crippen molar-refractivity contribution in [1.29, 1.82) is 0 Å². The first-order valence-corrected chi connectivity index (χ1v) is 8.22. The first kappa shape index (κ1) is 18.7. The molecule has 1 saturated heterocycles. The second-order valence-corrected chi connectivity index (χ2v) is 6.58. The number of carbonyl (C=O) groups is 3. The molecule has 0 saturated carbocycles. The van der Waals surface area contributed by atoms with Crippen LogP contribution in [0.1, 0.15) is 19.0 Å². The van der Waals surface area contributed by atoms with Crippen LogP contribution in [0.3, 0.4) is 0 Å². The highest BCUT2D eigenvalue weighted by molar-refractivity contribution is 5.85. The first-order chi connectivity index (χ1) is 11.8. The van der Waals surface area contributed by atoms with Crippen molar-refractivity contribution in [2.24, 2.45) is 5.41 Å². The van der Waals surface area contributed by atoms with Crippen molar-refractivity contribution in [1.82, 2.24) is 20.1 Å². The fourth-order valence-electron chi connectivity index (χ4n) is 2.66. The molecule has 1 aromatic heterocycles. The number of urea groups is 1. The van der Waals surface area contributed by atoms with Gasteiger partial charge in [0.2, 0.25) is 5.91 Å². The van der Waals surface area contributed by atoms with Crippen LogP contribution in [0.4, 0.5) is 4.79 Å². The third kappa shape index (κ3) is 4.91. The normalized spacial score (nSPS) is 19.5. The summed E-state index contributed by atoms with van der Waals surface area (Å²) in [6.45, 7) is 2.54. The van der Waals surface area contributed by atoms with Gasteiger partial charge in [0, 0.05) is 45.0 Å². The molecule has 0 radical (unpaired) electrons. The van der Waals surface area contributed by atoms with Gasteiger partial charge < -0.3 is 20.2 Å². The predicted octanol–water partition coefficient (Wildman–Crippen LogP) is 0.589. The third-order valence-corrected chi connectivity index (χ3v) is 4.52.